The van der Waals surface area contributed by atoms with Crippen molar-refractivity contribution in [1.29, 1.82) is 0 Å². The molecule has 2 aromatic rings. The first-order chi connectivity index (χ1) is 8.88. The van der Waals surface area contributed by atoms with E-state index in [9.17, 15) is 0 Å². The molecule has 0 amide bonds. The van der Waals surface area contributed by atoms with Gasteiger partial charge in [0.2, 0.25) is 0 Å². The van der Waals surface area contributed by atoms with Crippen molar-refractivity contribution in [2.45, 2.75) is 39.2 Å². The van der Waals surface area contributed by atoms with Gasteiger partial charge in [-0.05, 0) is 0 Å². The number of benzene rings is 1. The van der Waals surface area contributed by atoms with Crippen LogP contribution in [0.25, 0.3) is 0 Å². The maximum absolute atomic E-state index is 4.25. The summed E-state index contributed by atoms with van der Waals surface area (Å²) in [5.74, 6) is 0. The zero-order valence-electron chi connectivity index (χ0n) is 10.7. The van der Waals surface area contributed by atoms with Gasteiger partial charge in [0.15, 0.2) is 0 Å². The first kappa shape index (κ1) is 13.3. The van der Waals surface area contributed by atoms with Crippen LogP contribution in [0.5, 0.6) is 0 Å². The van der Waals surface area contributed by atoms with Gasteiger partial charge in [0.25, 0.3) is 0 Å². The summed E-state index contributed by atoms with van der Waals surface area (Å²) in [5, 5.41) is 8.44. The van der Waals surface area contributed by atoms with E-state index in [-0.39, 0.29) is 15.0 Å². The fourth-order valence-electron chi connectivity index (χ4n) is 1.75. The predicted molar refractivity (Wildman–Crippen MR) is 75.6 cm³/mol. The van der Waals surface area contributed by atoms with Crippen molar-refractivity contribution in [3.63, 3.8) is 0 Å². The van der Waals surface area contributed by atoms with Gasteiger partial charge in [-0.3, -0.25) is 0 Å². The van der Waals surface area contributed by atoms with Crippen molar-refractivity contribution in [2.24, 2.45) is 0 Å². The summed E-state index contributed by atoms with van der Waals surface area (Å²) in [6, 6.07) is 10.5. The monoisotopic (exact) mass is 309 g/mol. The van der Waals surface area contributed by atoms with E-state index in [2.05, 4.69) is 47.7 Å². The van der Waals surface area contributed by atoms with Crippen LogP contribution in [-0.4, -0.2) is 30.0 Å². The van der Waals surface area contributed by atoms with Gasteiger partial charge in [0.05, 0.1) is 0 Å². The third-order valence-electron chi connectivity index (χ3n) is 2.72. The molecule has 0 radical (unpaired) electrons. The number of nitrogens with zero attached hydrogens (tertiary/aromatic N) is 3. The van der Waals surface area contributed by atoms with Crippen LogP contribution in [0.2, 0.25) is 0 Å². The van der Waals surface area contributed by atoms with Crippen LogP contribution in [0.15, 0.2) is 36.5 Å². The zero-order valence-corrected chi connectivity index (χ0v) is 12.5. The summed E-state index contributed by atoms with van der Waals surface area (Å²) in [7, 11) is 0. The maximum atomic E-state index is 4.25. The molecular weight excluding hydrogens is 289 g/mol. The first-order valence-corrected chi connectivity index (χ1v) is 8.23. The molecule has 4 heteroatoms. The number of aromatic nitrogens is 3. The molecule has 0 spiro atoms. The molecule has 0 fully saturated rings. The molecular formula is C14H19N3Se. The Balaban J connectivity index is 1.83. The summed E-state index contributed by atoms with van der Waals surface area (Å²) < 4.78 is 4.45. The van der Waals surface area contributed by atoms with Crippen LogP contribution in [-0.2, 0) is 6.54 Å². The van der Waals surface area contributed by atoms with Crippen LogP contribution in [0.1, 0.15) is 32.6 Å². The van der Waals surface area contributed by atoms with Gasteiger partial charge < -0.3 is 0 Å². The topological polar surface area (TPSA) is 30.7 Å². The SMILES string of the molecule is CCCCCCn1cc([Se]c2ccccc2)nn1. The van der Waals surface area contributed by atoms with Crippen molar-refractivity contribution >= 4 is 24.0 Å². The fourth-order valence-corrected chi connectivity index (χ4v) is 3.40. The molecule has 1 aromatic heterocycles. The molecule has 0 saturated heterocycles. The molecule has 0 aliphatic carbocycles. The molecule has 0 bridgehead atoms. The van der Waals surface area contributed by atoms with Crippen LogP contribution in [0.3, 0.4) is 0 Å². The molecule has 0 aliphatic rings. The molecule has 1 heterocycles. The second-order valence-corrected chi connectivity index (χ2v) is 6.59. The van der Waals surface area contributed by atoms with Crippen molar-refractivity contribution in [2.75, 3.05) is 0 Å². The van der Waals surface area contributed by atoms with E-state index in [4.69, 9.17) is 0 Å². The van der Waals surface area contributed by atoms with E-state index in [1.807, 2.05) is 10.7 Å². The Kier molecular flexibility index (Phi) is 5.43. The van der Waals surface area contributed by atoms with Gasteiger partial charge in [-0.1, -0.05) is 0 Å². The molecule has 2 rings (SSSR count). The Morgan fingerprint density at radius 3 is 2.72 bits per heavy atom. The molecule has 3 nitrogen and oxygen atoms in total. The summed E-state index contributed by atoms with van der Waals surface area (Å²) >= 11 is 0.281. The molecule has 0 atom stereocenters. The number of aryl methyl sites for hydroxylation is 1. The minimum atomic E-state index is 0.281. The molecule has 0 saturated carbocycles. The van der Waals surface area contributed by atoms with Crippen molar-refractivity contribution in [3.05, 3.63) is 36.5 Å². The average Bonchev–Trinajstić information content (AvgIpc) is 2.84. The van der Waals surface area contributed by atoms with Crippen molar-refractivity contribution < 1.29 is 0 Å². The Morgan fingerprint density at radius 1 is 1.11 bits per heavy atom. The summed E-state index contributed by atoms with van der Waals surface area (Å²) in [4.78, 5) is 0. The Hall–Kier alpha value is -1.12. The van der Waals surface area contributed by atoms with Crippen LogP contribution >= 0.6 is 0 Å². The van der Waals surface area contributed by atoms with E-state index in [0.29, 0.717) is 0 Å². The van der Waals surface area contributed by atoms with E-state index in [1.54, 1.807) is 0 Å². The molecule has 0 aliphatic heterocycles. The standard InChI is InChI=1S/C14H19N3Se/c1-2-3-4-8-11-17-12-14(15-16-17)18-13-9-6-5-7-10-13/h5-7,9-10,12H,2-4,8,11H2,1H3. The number of hydrogen-bond acceptors (Lipinski definition) is 2. The van der Waals surface area contributed by atoms with Gasteiger partial charge in [0, 0.05) is 0 Å². The molecule has 1 aromatic carbocycles. The molecule has 18 heavy (non-hydrogen) atoms. The van der Waals surface area contributed by atoms with Gasteiger partial charge in [-0.15, -0.1) is 0 Å². The third-order valence-corrected chi connectivity index (χ3v) is 4.62. The van der Waals surface area contributed by atoms with Gasteiger partial charge >= 0.3 is 115 Å². The molecule has 96 valence electrons. The zero-order chi connectivity index (χ0) is 12.6. The van der Waals surface area contributed by atoms with Crippen LogP contribution in [0, 0.1) is 0 Å². The number of unbranched alkanes of at least 4 members (excludes halogenated alkanes) is 3. The van der Waals surface area contributed by atoms with Crippen LogP contribution in [0.4, 0.5) is 0 Å². The normalized spacial score (nSPS) is 10.7. The van der Waals surface area contributed by atoms with Gasteiger partial charge in [-0.25, -0.2) is 0 Å². The van der Waals surface area contributed by atoms with Gasteiger partial charge in [-0.2, -0.15) is 0 Å². The number of rotatable bonds is 7. The average molecular weight is 308 g/mol. The van der Waals surface area contributed by atoms with Crippen molar-refractivity contribution in [3.8, 4) is 0 Å². The second-order valence-electron chi connectivity index (χ2n) is 4.30. The molecule has 0 N–H and O–H groups in total. The van der Waals surface area contributed by atoms with E-state index < -0.39 is 0 Å². The Morgan fingerprint density at radius 2 is 1.94 bits per heavy atom. The summed E-state index contributed by atoms with van der Waals surface area (Å²) in [5.41, 5.74) is 0. The van der Waals surface area contributed by atoms with E-state index in [0.717, 1.165) is 11.1 Å². The van der Waals surface area contributed by atoms with Crippen LogP contribution < -0.4 is 9.05 Å². The van der Waals surface area contributed by atoms with E-state index >= 15 is 0 Å². The minimum absolute atomic E-state index is 0.281. The molecule has 0 unspecified atom stereocenters. The summed E-state index contributed by atoms with van der Waals surface area (Å²) in [6.07, 6.45) is 7.18. The van der Waals surface area contributed by atoms with E-state index in [1.165, 1.54) is 30.1 Å². The second kappa shape index (κ2) is 7.34. The quantitative estimate of drug-likeness (QED) is 0.573. The summed E-state index contributed by atoms with van der Waals surface area (Å²) in [6.45, 7) is 3.23. The fraction of sp³-hybridized carbons (Fsp3) is 0.429. The van der Waals surface area contributed by atoms with Crippen molar-refractivity contribution in [1.82, 2.24) is 15.0 Å². The Labute approximate surface area is 115 Å². The number of hydrogen-bond donors (Lipinski definition) is 0. The first-order valence-electron chi connectivity index (χ1n) is 6.51. The predicted octanol–water partition coefficient (Wildman–Crippen LogP) is 1.51. The third kappa shape index (κ3) is 4.28. The Bertz CT molecular complexity index is 453. The van der Waals surface area contributed by atoms with Gasteiger partial charge in [0.1, 0.15) is 0 Å².